The molecule has 0 amide bonds. The average molecular weight is 332 g/mol. The number of ether oxygens (including phenoxy) is 4. The van der Waals surface area contributed by atoms with Gasteiger partial charge in [0.2, 0.25) is 0 Å². The summed E-state index contributed by atoms with van der Waals surface area (Å²) in [6, 6.07) is 0. The summed E-state index contributed by atoms with van der Waals surface area (Å²) >= 11 is 0. The lowest BCUT2D eigenvalue weighted by Crippen LogP contribution is -1.94. The van der Waals surface area contributed by atoms with Gasteiger partial charge in [0.25, 0.3) is 0 Å². The molecule has 0 radical (unpaired) electrons. The van der Waals surface area contributed by atoms with Crippen LogP contribution in [0.15, 0.2) is 12.7 Å². The Morgan fingerprint density at radius 3 is 1.35 bits per heavy atom. The molecule has 6 nitrogen and oxygen atoms in total. The van der Waals surface area contributed by atoms with Crippen LogP contribution in [0.4, 0.5) is 0 Å². The van der Waals surface area contributed by atoms with Crippen molar-refractivity contribution < 1.29 is 28.8 Å². The van der Waals surface area contributed by atoms with Crippen LogP contribution < -0.4 is 0 Å². The first-order chi connectivity index (χ1) is 11.1. The quantitative estimate of drug-likeness (QED) is 0.616. The molecular weight excluding hydrogens is 300 g/mol. The summed E-state index contributed by atoms with van der Waals surface area (Å²) in [6.07, 6.45) is 10.7. The summed E-state index contributed by atoms with van der Waals surface area (Å²) in [5.74, 6) is -0.981. The Morgan fingerprint density at radius 2 is 1.26 bits per heavy atom. The third kappa shape index (κ3) is 21.1. The molecule has 2 unspecified atom stereocenters. The third-order valence-corrected chi connectivity index (χ3v) is 3.18. The molecule has 23 heavy (non-hydrogen) atoms. The fraction of sp³-hybridized carbons (Fsp3) is 0.824. The minimum atomic E-state index is -0.981. The van der Waals surface area contributed by atoms with Crippen LogP contribution in [0, 0.1) is 0 Å². The number of carboxylic acid groups (broad SMARTS) is 1. The molecule has 2 aliphatic heterocycles. The molecule has 0 aromatic heterocycles. The van der Waals surface area contributed by atoms with Crippen LogP contribution in [0.5, 0.6) is 0 Å². The number of hydrogen-bond donors (Lipinski definition) is 1. The van der Waals surface area contributed by atoms with E-state index in [1.54, 1.807) is 14.2 Å². The minimum Gasteiger partial charge on any atom is -0.478 e. The molecule has 3 rings (SSSR count). The molecule has 2 heterocycles. The Morgan fingerprint density at radius 1 is 1.00 bits per heavy atom. The first-order valence-corrected chi connectivity index (χ1v) is 8.20. The highest BCUT2D eigenvalue weighted by molar-refractivity contribution is 5.78. The minimum absolute atomic E-state index is 0.426. The number of methoxy groups -OCH3 is 2. The zero-order chi connectivity index (χ0) is 17.3. The van der Waals surface area contributed by atoms with E-state index in [1.165, 1.54) is 38.5 Å². The second-order valence-corrected chi connectivity index (χ2v) is 5.49. The lowest BCUT2D eigenvalue weighted by Gasteiger charge is -2.05. The topological polar surface area (TPSA) is 80.8 Å². The zero-order valence-electron chi connectivity index (χ0n) is 14.5. The average Bonchev–Trinajstić information content (AvgIpc) is 3.48. The fourth-order valence-corrected chi connectivity index (χ4v) is 1.76. The Labute approximate surface area is 139 Å². The SMILES string of the molecule is C1CCCCC1.C=CC(=O)O.COCC1CO1.COCC1CO1. The van der Waals surface area contributed by atoms with Crippen LogP contribution in [0.3, 0.4) is 0 Å². The number of aliphatic carboxylic acids is 1. The van der Waals surface area contributed by atoms with Gasteiger partial charge in [0.05, 0.1) is 26.4 Å². The summed E-state index contributed by atoms with van der Waals surface area (Å²) in [5.41, 5.74) is 0. The van der Waals surface area contributed by atoms with Gasteiger partial charge in [-0.3, -0.25) is 0 Å². The van der Waals surface area contributed by atoms with Crippen LogP contribution in [0.1, 0.15) is 38.5 Å². The number of rotatable bonds is 5. The molecule has 1 N–H and O–H groups in total. The van der Waals surface area contributed by atoms with Crippen molar-refractivity contribution in [3.8, 4) is 0 Å². The third-order valence-electron chi connectivity index (χ3n) is 3.18. The molecule has 136 valence electrons. The molecule has 0 aromatic carbocycles. The van der Waals surface area contributed by atoms with Crippen molar-refractivity contribution in [3.05, 3.63) is 12.7 Å². The number of epoxide rings is 2. The molecule has 3 aliphatic rings. The Bertz CT molecular complexity index is 257. The normalized spacial score (nSPS) is 23.6. The second kappa shape index (κ2) is 15.9. The Hall–Kier alpha value is -0.950. The molecule has 2 atom stereocenters. The van der Waals surface area contributed by atoms with Gasteiger partial charge in [-0.1, -0.05) is 45.1 Å². The second-order valence-electron chi connectivity index (χ2n) is 5.49. The van der Waals surface area contributed by atoms with Crippen molar-refractivity contribution in [3.63, 3.8) is 0 Å². The highest BCUT2D eigenvalue weighted by Gasteiger charge is 2.21. The van der Waals surface area contributed by atoms with Gasteiger partial charge in [-0.25, -0.2) is 4.79 Å². The summed E-state index contributed by atoms with van der Waals surface area (Å²) in [4.78, 5) is 9.25. The Balaban J connectivity index is 0.000000282. The van der Waals surface area contributed by atoms with E-state index in [4.69, 9.17) is 24.1 Å². The monoisotopic (exact) mass is 332 g/mol. The highest BCUT2D eigenvalue weighted by Crippen LogP contribution is 2.15. The van der Waals surface area contributed by atoms with Gasteiger partial charge < -0.3 is 24.1 Å². The predicted octanol–water partition coefficient (Wildman–Crippen LogP) is 2.66. The van der Waals surface area contributed by atoms with Crippen molar-refractivity contribution in [1.29, 1.82) is 0 Å². The molecule has 3 fully saturated rings. The lowest BCUT2D eigenvalue weighted by molar-refractivity contribution is -0.131. The first-order valence-electron chi connectivity index (χ1n) is 8.20. The summed E-state index contributed by atoms with van der Waals surface area (Å²) in [5, 5.41) is 7.60. The fourth-order valence-electron chi connectivity index (χ4n) is 1.76. The van der Waals surface area contributed by atoms with Crippen LogP contribution in [-0.2, 0) is 23.7 Å². The van der Waals surface area contributed by atoms with E-state index < -0.39 is 5.97 Å². The van der Waals surface area contributed by atoms with Gasteiger partial charge in [0.15, 0.2) is 0 Å². The lowest BCUT2D eigenvalue weighted by atomic mass is 10.0. The van der Waals surface area contributed by atoms with Gasteiger partial charge >= 0.3 is 5.97 Å². The molecular formula is C17H32O6. The van der Waals surface area contributed by atoms with Crippen molar-refractivity contribution in [2.24, 2.45) is 0 Å². The van der Waals surface area contributed by atoms with Crippen LogP contribution in [-0.4, -0.2) is 63.9 Å². The maximum Gasteiger partial charge on any atom is 0.327 e. The van der Waals surface area contributed by atoms with E-state index in [0.717, 1.165) is 32.5 Å². The van der Waals surface area contributed by atoms with Crippen molar-refractivity contribution in [2.75, 3.05) is 40.6 Å². The summed E-state index contributed by atoms with van der Waals surface area (Å²) in [7, 11) is 3.36. The molecule has 2 saturated heterocycles. The maximum absolute atomic E-state index is 9.25. The van der Waals surface area contributed by atoms with Crippen LogP contribution >= 0.6 is 0 Å². The van der Waals surface area contributed by atoms with Crippen molar-refractivity contribution in [2.45, 2.75) is 50.7 Å². The van der Waals surface area contributed by atoms with Crippen molar-refractivity contribution >= 4 is 5.97 Å². The summed E-state index contributed by atoms with van der Waals surface area (Å²) in [6.45, 7) is 6.28. The van der Waals surface area contributed by atoms with Gasteiger partial charge in [-0.05, 0) is 0 Å². The number of hydrogen-bond acceptors (Lipinski definition) is 5. The van der Waals surface area contributed by atoms with E-state index >= 15 is 0 Å². The van der Waals surface area contributed by atoms with Gasteiger partial charge in [0.1, 0.15) is 12.2 Å². The van der Waals surface area contributed by atoms with Gasteiger partial charge in [-0.15, -0.1) is 0 Å². The highest BCUT2D eigenvalue weighted by atomic mass is 16.6. The molecule has 0 spiro atoms. The number of carbonyl (C=O) groups is 1. The van der Waals surface area contributed by atoms with Crippen LogP contribution in [0.25, 0.3) is 0 Å². The smallest absolute Gasteiger partial charge is 0.327 e. The van der Waals surface area contributed by atoms with Gasteiger partial charge in [0, 0.05) is 20.3 Å². The van der Waals surface area contributed by atoms with Crippen molar-refractivity contribution in [1.82, 2.24) is 0 Å². The summed E-state index contributed by atoms with van der Waals surface area (Å²) < 4.78 is 19.1. The first kappa shape index (κ1) is 22.1. The van der Waals surface area contributed by atoms with Crippen LogP contribution in [0.2, 0.25) is 0 Å². The molecule has 6 heteroatoms. The zero-order valence-corrected chi connectivity index (χ0v) is 14.5. The molecule has 0 aromatic rings. The largest absolute Gasteiger partial charge is 0.478 e. The molecule has 1 aliphatic carbocycles. The van der Waals surface area contributed by atoms with E-state index in [0.29, 0.717) is 12.2 Å². The van der Waals surface area contributed by atoms with E-state index in [2.05, 4.69) is 6.58 Å². The predicted molar refractivity (Wildman–Crippen MR) is 88.8 cm³/mol. The Kier molecular flexibility index (Phi) is 15.3. The van der Waals surface area contributed by atoms with E-state index in [9.17, 15) is 4.79 Å². The molecule has 1 saturated carbocycles. The maximum atomic E-state index is 9.25. The van der Waals surface area contributed by atoms with E-state index in [-0.39, 0.29) is 0 Å². The standard InChI is InChI=1S/C6H12.2C4H8O2.C3H4O2/c1-2-4-6-5-3-1;2*1-5-2-4-3-6-4;1-2-3(4)5/h1-6H2;2*4H,2-3H2,1H3;2H,1H2,(H,4,5). The molecule has 0 bridgehead atoms. The number of carboxylic acids is 1. The van der Waals surface area contributed by atoms with E-state index in [1.807, 2.05) is 0 Å². The van der Waals surface area contributed by atoms with Gasteiger partial charge in [-0.2, -0.15) is 0 Å².